The Morgan fingerprint density at radius 1 is 1.43 bits per heavy atom. The largest absolute Gasteiger partial charge is 0.479 e. The number of aliphatic carboxylic acids is 1. The van der Waals surface area contributed by atoms with Gasteiger partial charge in [-0.25, -0.2) is 4.79 Å². The number of hydrogen-bond donors (Lipinski definition) is 1. The van der Waals surface area contributed by atoms with Gasteiger partial charge in [0.2, 0.25) is 0 Å². The van der Waals surface area contributed by atoms with Gasteiger partial charge in [0.1, 0.15) is 0 Å². The molecule has 1 amide bonds. The molecule has 0 spiro atoms. The zero-order valence-corrected chi connectivity index (χ0v) is 12.5. The number of aromatic nitrogens is 2. The molecule has 0 bridgehead atoms. The first-order chi connectivity index (χ1) is 10.6. The predicted molar refractivity (Wildman–Crippen MR) is 70.9 cm³/mol. The number of morpholine rings is 1. The minimum absolute atomic E-state index is 0.0206. The van der Waals surface area contributed by atoms with Crippen molar-refractivity contribution in [2.24, 2.45) is 0 Å². The first-order valence-corrected chi connectivity index (χ1v) is 6.91. The van der Waals surface area contributed by atoms with Crippen LogP contribution in [0.5, 0.6) is 0 Å². The van der Waals surface area contributed by atoms with E-state index >= 15 is 0 Å². The highest BCUT2D eigenvalue weighted by Crippen LogP contribution is 2.34. The van der Waals surface area contributed by atoms with Crippen LogP contribution in [0.15, 0.2) is 6.20 Å². The Morgan fingerprint density at radius 3 is 2.61 bits per heavy atom. The van der Waals surface area contributed by atoms with Crippen LogP contribution in [0.2, 0.25) is 0 Å². The number of carbonyl (C=O) groups excluding carboxylic acids is 1. The number of hydrogen-bond acceptors (Lipinski definition) is 4. The number of carboxylic acids is 1. The Bertz CT molecular complexity index is 612. The molecule has 0 aliphatic carbocycles. The van der Waals surface area contributed by atoms with Crippen LogP contribution in [0.3, 0.4) is 0 Å². The molecule has 0 unspecified atom stereocenters. The molecule has 0 aromatic carbocycles. The summed E-state index contributed by atoms with van der Waals surface area (Å²) in [6.07, 6.45) is -5.12. The highest BCUT2D eigenvalue weighted by Gasteiger charge is 2.42. The fourth-order valence-electron chi connectivity index (χ4n) is 2.35. The van der Waals surface area contributed by atoms with Crippen molar-refractivity contribution >= 4 is 11.9 Å². The van der Waals surface area contributed by atoms with Crippen molar-refractivity contribution < 1.29 is 32.6 Å². The SMILES string of the molecule is CC(C)n1ncc(C(=O)N2CCO[C@H](C(=O)O)C2)c1C(F)(F)F. The quantitative estimate of drug-likeness (QED) is 0.903. The summed E-state index contributed by atoms with van der Waals surface area (Å²) in [5, 5.41) is 12.6. The lowest BCUT2D eigenvalue weighted by molar-refractivity contribution is -0.155. The van der Waals surface area contributed by atoms with E-state index in [4.69, 9.17) is 9.84 Å². The highest BCUT2D eigenvalue weighted by molar-refractivity contribution is 5.95. The Labute approximate surface area is 129 Å². The molecule has 10 heteroatoms. The van der Waals surface area contributed by atoms with Crippen molar-refractivity contribution in [2.75, 3.05) is 19.7 Å². The number of rotatable bonds is 3. The van der Waals surface area contributed by atoms with Crippen LogP contribution in [-0.2, 0) is 15.7 Å². The molecule has 1 aliphatic rings. The Hall–Kier alpha value is -2.10. The molecule has 0 radical (unpaired) electrons. The maximum Gasteiger partial charge on any atom is 0.433 e. The van der Waals surface area contributed by atoms with Crippen LogP contribution >= 0.6 is 0 Å². The second-order valence-electron chi connectivity index (χ2n) is 5.39. The molecule has 2 heterocycles. The van der Waals surface area contributed by atoms with Gasteiger partial charge in [0.15, 0.2) is 11.8 Å². The first-order valence-electron chi connectivity index (χ1n) is 6.91. The van der Waals surface area contributed by atoms with Gasteiger partial charge in [-0.2, -0.15) is 18.3 Å². The van der Waals surface area contributed by atoms with E-state index in [1.165, 1.54) is 13.8 Å². The van der Waals surface area contributed by atoms with E-state index in [1.807, 2.05) is 0 Å². The van der Waals surface area contributed by atoms with Gasteiger partial charge in [-0.05, 0) is 13.8 Å². The average molecular weight is 335 g/mol. The van der Waals surface area contributed by atoms with Crippen LogP contribution in [-0.4, -0.2) is 57.5 Å². The molecular weight excluding hydrogens is 319 g/mol. The number of nitrogens with zero attached hydrogens (tertiary/aromatic N) is 3. The van der Waals surface area contributed by atoms with Crippen LogP contribution < -0.4 is 0 Å². The summed E-state index contributed by atoms with van der Waals surface area (Å²) in [6, 6.07) is -0.579. The minimum atomic E-state index is -4.75. The van der Waals surface area contributed by atoms with E-state index in [9.17, 15) is 22.8 Å². The molecule has 1 aromatic heterocycles. The van der Waals surface area contributed by atoms with Crippen molar-refractivity contribution in [3.05, 3.63) is 17.5 Å². The van der Waals surface area contributed by atoms with Gasteiger partial charge in [-0.1, -0.05) is 0 Å². The normalized spacial score (nSPS) is 19.2. The van der Waals surface area contributed by atoms with Crippen molar-refractivity contribution in [1.82, 2.24) is 14.7 Å². The van der Waals surface area contributed by atoms with E-state index in [0.717, 1.165) is 15.8 Å². The molecule has 2 rings (SSSR count). The lowest BCUT2D eigenvalue weighted by atomic mass is 10.1. The third kappa shape index (κ3) is 3.46. The smallest absolute Gasteiger partial charge is 0.433 e. The summed E-state index contributed by atoms with van der Waals surface area (Å²) in [6.45, 7) is 2.70. The van der Waals surface area contributed by atoms with Crippen molar-refractivity contribution in [1.29, 1.82) is 0 Å². The molecule has 1 saturated heterocycles. The zero-order chi connectivity index (χ0) is 17.4. The number of amides is 1. The van der Waals surface area contributed by atoms with E-state index in [0.29, 0.717) is 0 Å². The van der Waals surface area contributed by atoms with E-state index < -0.39 is 41.5 Å². The second kappa shape index (κ2) is 6.19. The molecule has 23 heavy (non-hydrogen) atoms. The molecule has 7 nitrogen and oxygen atoms in total. The van der Waals surface area contributed by atoms with Gasteiger partial charge in [0, 0.05) is 12.6 Å². The van der Waals surface area contributed by atoms with Gasteiger partial charge >= 0.3 is 12.1 Å². The van der Waals surface area contributed by atoms with Crippen molar-refractivity contribution in [3.8, 4) is 0 Å². The van der Waals surface area contributed by atoms with Crippen LogP contribution in [0.1, 0.15) is 35.9 Å². The summed E-state index contributed by atoms with van der Waals surface area (Å²) in [5.41, 5.74) is -1.71. The topological polar surface area (TPSA) is 84.7 Å². The van der Waals surface area contributed by atoms with E-state index in [-0.39, 0.29) is 19.7 Å². The standard InChI is InChI=1S/C13H16F3N3O4/c1-7(2)19-10(13(14,15)16)8(5-17-19)11(20)18-3-4-23-9(6-18)12(21)22/h5,7,9H,3-4,6H2,1-2H3,(H,21,22)/t9-/m0/s1. The molecule has 1 fully saturated rings. The Kier molecular flexibility index (Phi) is 4.64. The first kappa shape index (κ1) is 17.3. The van der Waals surface area contributed by atoms with E-state index in [2.05, 4.69) is 5.10 Å². The summed E-state index contributed by atoms with van der Waals surface area (Å²) >= 11 is 0. The predicted octanol–water partition coefficient (Wildman–Crippen LogP) is 1.41. The third-order valence-corrected chi connectivity index (χ3v) is 3.41. The van der Waals surface area contributed by atoms with Crippen LogP contribution in [0.4, 0.5) is 13.2 Å². The molecule has 1 N–H and O–H groups in total. The maximum absolute atomic E-state index is 13.3. The monoisotopic (exact) mass is 335 g/mol. The number of carbonyl (C=O) groups is 2. The Balaban J connectivity index is 2.34. The zero-order valence-electron chi connectivity index (χ0n) is 12.5. The third-order valence-electron chi connectivity index (χ3n) is 3.41. The fourth-order valence-corrected chi connectivity index (χ4v) is 2.35. The minimum Gasteiger partial charge on any atom is -0.479 e. The van der Waals surface area contributed by atoms with Crippen molar-refractivity contribution in [2.45, 2.75) is 32.2 Å². The number of carboxylic acid groups (broad SMARTS) is 1. The van der Waals surface area contributed by atoms with Crippen molar-refractivity contribution in [3.63, 3.8) is 0 Å². The van der Waals surface area contributed by atoms with E-state index in [1.54, 1.807) is 0 Å². The van der Waals surface area contributed by atoms with Crippen LogP contribution in [0.25, 0.3) is 0 Å². The summed E-state index contributed by atoms with van der Waals surface area (Å²) < 4.78 is 45.6. The lowest BCUT2D eigenvalue weighted by Gasteiger charge is -2.31. The fraction of sp³-hybridized carbons (Fsp3) is 0.615. The maximum atomic E-state index is 13.3. The highest BCUT2D eigenvalue weighted by atomic mass is 19.4. The lowest BCUT2D eigenvalue weighted by Crippen LogP contribution is -2.48. The van der Waals surface area contributed by atoms with Gasteiger partial charge in [-0.15, -0.1) is 0 Å². The number of alkyl halides is 3. The Morgan fingerprint density at radius 2 is 2.09 bits per heavy atom. The summed E-state index contributed by atoms with van der Waals surface area (Å²) in [7, 11) is 0. The van der Waals surface area contributed by atoms with Crippen LogP contribution in [0, 0.1) is 0 Å². The van der Waals surface area contributed by atoms with Gasteiger partial charge < -0.3 is 14.7 Å². The molecule has 0 saturated carbocycles. The second-order valence-corrected chi connectivity index (χ2v) is 5.39. The molecule has 1 atom stereocenters. The molecule has 1 aromatic rings. The molecule has 1 aliphatic heterocycles. The number of halogens is 3. The summed E-state index contributed by atoms with van der Waals surface area (Å²) in [4.78, 5) is 24.4. The average Bonchev–Trinajstić information content (AvgIpc) is 2.91. The summed E-state index contributed by atoms with van der Waals surface area (Å²) in [5.74, 6) is -2.17. The van der Waals surface area contributed by atoms with Gasteiger partial charge in [0.05, 0.1) is 24.9 Å². The number of ether oxygens (including phenoxy) is 1. The van der Waals surface area contributed by atoms with Gasteiger partial charge in [0.25, 0.3) is 5.91 Å². The molecular formula is C13H16F3N3O4. The van der Waals surface area contributed by atoms with Gasteiger partial charge in [-0.3, -0.25) is 9.48 Å². The molecule has 128 valence electrons.